The number of carbonyl (C=O) groups is 1. The third kappa shape index (κ3) is 6.02. The van der Waals surface area contributed by atoms with Gasteiger partial charge in [-0.3, -0.25) is 0 Å². The van der Waals surface area contributed by atoms with Gasteiger partial charge >= 0.3 is 5.97 Å². The molecule has 0 bridgehead atoms. The molecule has 0 aliphatic heterocycles. The Bertz CT molecular complexity index is 933. The van der Waals surface area contributed by atoms with Crippen molar-refractivity contribution in [2.45, 2.75) is 39.5 Å². The summed E-state index contributed by atoms with van der Waals surface area (Å²) in [6.45, 7) is 4.43. The largest absolute Gasteiger partial charge is 0.493 e. The number of nitrogens with zero attached hydrogens (tertiary/aromatic N) is 3. The van der Waals surface area contributed by atoms with E-state index in [0.29, 0.717) is 23.6 Å². The molecular formula is C21H24ClFN4O3. The van der Waals surface area contributed by atoms with E-state index in [4.69, 9.17) is 26.6 Å². The van der Waals surface area contributed by atoms with Crippen LogP contribution in [0.3, 0.4) is 0 Å². The van der Waals surface area contributed by atoms with Crippen LogP contribution in [0.15, 0.2) is 35.4 Å². The normalized spacial score (nSPS) is 10.3. The minimum Gasteiger partial charge on any atom is -0.493 e. The molecule has 9 heteroatoms. The summed E-state index contributed by atoms with van der Waals surface area (Å²) in [5, 5.41) is 6.60. The molecule has 2 aromatic rings. The summed E-state index contributed by atoms with van der Waals surface area (Å²) in [5.74, 6) is -1.67. The van der Waals surface area contributed by atoms with Gasteiger partial charge < -0.3 is 14.8 Å². The smallest absolute Gasteiger partial charge is 0.340 e. The molecule has 0 fully saturated rings. The first-order valence-electron chi connectivity index (χ1n) is 9.76. The van der Waals surface area contributed by atoms with Crippen molar-refractivity contribution in [2.24, 2.45) is 5.11 Å². The number of hydrogen-bond donors (Lipinski definition) is 1. The fraction of sp³-hybridized carbons (Fsp3) is 0.381. The molecule has 0 spiro atoms. The molecule has 2 aromatic carbocycles. The van der Waals surface area contributed by atoms with Gasteiger partial charge in [0, 0.05) is 4.91 Å². The standard InChI is InChI=1S/C21H24ClFN4O3/c1-3-5-11-29-17-13-14(21(28)30-12-6-4-2)19(18(23)20(17)26-27-24)25-16-10-8-7-9-15(16)22/h7-10,13,25H,3-6,11-12H2,1-2H3. The Morgan fingerprint density at radius 3 is 2.60 bits per heavy atom. The van der Waals surface area contributed by atoms with Gasteiger partial charge in [-0.1, -0.05) is 55.5 Å². The molecule has 0 heterocycles. The molecular weight excluding hydrogens is 411 g/mol. The fourth-order valence-electron chi connectivity index (χ4n) is 2.56. The van der Waals surface area contributed by atoms with Gasteiger partial charge in [0.05, 0.1) is 35.2 Å². The molecule has 160 valence electrons. The molecule has 2 rings (SSSR count). The van der Waals surface area contributed by atoms with E-state index in [1.165, 1.54) is 6.07 Å². The van der Waals surface area contributed by atoms with Gasteiger partial charge in [-0.05, 0) is 36.6 Å². The quantitative estimate of drug-likeness (QED) is 0.132. The monoisotopic (exact) mass is 434 g/mol. The average molecular weight is 435 g/mol. The second-order valence-corrected chi connectivity index (χ2v) is 6.85. The number of esters is 1. The van der Waals surface area contributed by atoms with Crippen molar-refractivity contribution in [2.75, 3.05) is 18.5 Å². The number of hydrogen-bond acceptors (Lipinski definition) is 5. The number of nitrogens with one attached hydrogen (secondary N) is 1. The van der Waals surface area contributed by atoms with Crippen molar-refractivity contribution < 1.29 is 18.7 Å². The van der Waals surface area contributed by atoms with Crippen molar-refractivity contribution in [3.05, 3.63) is 57.2 Å². The molecule has 0 unspecified atom stereocenters. The number of carbonyl (C=O) groups excluding carboxylic acids is 1. The minimum absolute atomic E-state index is 0.0223. The average Bonchev–Trinajstić information content (AvgIpc) is 2.74. The number of unbranched alkanes of at least 4 members (excludes halogenated alkanes) is 2. The summed E-state index contributed by atoms with van der Waals surface area (Å²) >= 11 is 6.17. The van der Waals surface area contributed by atoms with Crippen LogP contribution in [0, 0.1) is 5.82 Å². The second kappa shape index (κ2) is 11.9. The molecule has 0 atom stereocenters. The maximum atomic E-state index is 15.4. The van der Waals surface area contributed by atoms with Crippen LogP contribution in [-0.4, -0.2) is 19.2 Å². The molecule has 1 N–H and O–H groups in total. The number of benzene rings is 2. The predicted octanol–water partition coefficient (Wildman–Crippen LogP) is 7.30. The Labute approximate surface area is 179 Å². The van der Waals surface area contributed by atoms with Crippen LogP contribution in [0.4, 0.5) is 21.5 Å². The van der Waals surface area contributed by atoms with E-state index in [-0.39, 0.29) is 35.9 Å². The summed E-state index contributed by atoms with van der Waals surface area (Å²) in [7, 11) is 0. The highest BCUT2D eigenvalue weighted by molar-refractivity contribution is 6.33. The molecule has 0 aliphatic carbocycles. The van der Waals surface area contributed by atoms with Crippen molar-refractivity contribution in [1.29, 1.82) is 0 Å². The van der Waals surface area contributed by atoms with Crippen LogP contribution in [0.5, 0.6) is 5.75 Å². The molecule has 0 saturated carbocycles. The lowest BCUT2D eigenvalue weighted by atomic mass is 10.1. The summed E-state index contributed by atoms with van der Waals surface area (Å²) in [6.07, 6.45) is 3.09. The Morgan fingerprint density at radius 2 is 1.93 bits per heavy atom. The highest BCUT2D eigenvalue weighted by atomic mass is 35.5. The maximum Gasteiger partial charge on any atom is 0.340 e. The summed E-state index contributed by atoms with van der Waals surface area (Å²) in [6, 6.07) is 8.02. The lowest BCUT2D eigenvalue weighted by Gasteiger charge is -2.18. The Kier molecular flexibility index (Phi) is 9.25. The van der Waals surface area contributed by atoms with Gasteiger partial charge in [-0.15, -0.1) is 0 Å². The van der Waals surface area contributed by atoms with Gasteiger partial charge in [0.1, 0.15) is 11.4 Å². The topological polar surface area (TPSA) is 96.3 Å². The molecule has 0 aromatic heterocycles. The van der Waals surface area contributed by atoms with E-state index < -0.39 is 11.8 Å². The van der Waals surface area contributed by atoms with E-state index in [2.05, 4.69) is 15.3 Å². The van der Waals surface area contributed by atoms with Crippen molar-refractivity contribution >= 4 is 34.6 Å². The minimum atomic E-state index is -0.927. The van der Waals surface area contributed by atoms with Gasteiger partial charge in [0.2, 0.25) is 0 Å². The molecule has 7 nitrogen and oxygen atoms in total. The zero-order valence-electron chi connectivity index (χ0n) is 17.0. The van der Waals surface area contributed by atoms with Crippen LogP contribution in [0.1, 0.15) is 49.9 Å². The maximum absolute atomic E-state index is 15.4. The molecule has 0 radical (unpaired) electrons. The fourth-order valence-corrected chi connectivity index (χ4v) is 2.74. The highest BCUT2D eigenvalue weighted by Gasteiger charge is 2.24. The first kappa shape index (κ1) is 23.3. The van der Waals surface area contributed by atoms with Crippen molar-refractivity contribution in [3.63, 3.8) is 0 Å². The first-order chi connectivity index (χ1) is 14.5. The number of rotatable bonds is 11. The van der Waals surface area contributed by atoms with Crippen LogP contribution in [0.2, 0.25) is 5.02 Å². The van der Waals surface area contributed by atoms with Crippen LogP contribution < -0.4 is 10.1 Å². The third-order valence-corrected chi connectivity index (χ3v) is 4.52. The Balaban J connectivity index is 2.56. The number of anilines is 2. The third-order valence-electron chi connectivity index (χ3n) is 4.19. The zero-order valence-corrected chi connectivity index (χ0v) is 17.7. The van der Waals surface area contributed by atoms with E-state index >= 15 is 4.39 Å². The van der Waals surface area contributed by atoms with E-state index in [1.54, 1.807) is 24.3 Å². The van der Waals surface area contributed by atoms with Crippen LogP contribution >= 0.6 is 11.6 Å². The van der Waals surface area contributed by atoms with Crippen LogP contribution in [-0.2, 0) is 4.74 Å². The molecule has 30 heavy (non-hydrogen) atoms. The Morgan fingerprint density at radius 1 is 1.23 bits per heavy atom. The van der Waals surface area contributed by atoms with E-state index in [9.17, 15) is 4.79 Å². The van der Waals surface area contributed by atoms with E-state index in [1.807, 2.05) is 13.8 Å². The SMILES string of the molecule is CCCCOC(=O)c1cc(OCCCC)c(N=[N+]=[N-])c(F)c1Nc1ccccc1Cl. The van der Waals surface area contributed by atoms with Crippen molar-refractivity contribution in [1.82, 2.24) is 0 Å². The summed E-state index contributed by atoms with van der Waals surface area (Å²) in [5.41, 5.74) is 8.66. The molecule has 0 aliphatic rings. The number of ether oxygens (including phenoxy) is 2. The molecule has 0 amide bonds. The van der Waals surface area contributed by atoms with Gasteiger partial charge in [-0.2, -0.15) is 0 Å². The van der Waals surface area contributed by atoms with Crippen molar-refractivity contribution in [3.8, 4) is 5.75 Å². The predicted molar refractivity (Wildman–Crippen MR) is 116 cm³/mol. The number of para-hydroxylation sites is 1. The summed E-state index contributed by atoms with van der Waals surface area (Å²) < 4.78 is 26.3. The van der Waals surface area contributed by atoms with Gasteiger partial charge in [-0.25, -0.2) is 9.18 Å². The highest BCUT2D eigenvalue weighted by Crippen LogP contribution is 2.40. The summed E-state index contributed by atoms with van der Waals surface area (Å²) in [4.78, 5) is 15.4. The van der Waals surface area contributed by atoms with Gasteiger partial charge in [0.15, 0.2) is 5.82 Å². The zero-order chi connectivity index (χ0) is 21.9. The lowest BCUT2D eigenvalue weighted by molar-refractivity contribution is 0.0500. The Hall–Kier alpha value is -2.96. The first-order valence-corrected chi connectivity index (χ1v) is 10.1. The number of azide groups is 1. The van der Waals surface area contributed by atoms with E-state index in [0.717, 1.165) is 12.8 Å². The second-order valence-electron chi connectivity index (χ2n) is 6.45. The molecule has 0 saturated heterocycles. The lowest BCUT2D eigenvalue weighted by Crippen LogP contribution is -2.12. The van der Waals surface area contributed by atoms with Gasteiger partial charge in [0.25, 0.3) is 0 Å². The van der Waals surface area contributed by atoms with Crippen LogP contribution in [0.25, 0.3) is 10.4 Å². The number of halogens is 2.